The van der Waals surface area contributed by atoms with Gasteiger partial charge >= 0.3 is 0 Å². The van der Waals surface area contributed by atoms with Crippen LogP contribution in [0.2, 0.25) is 5.02 Å². The van der Waals surface area contributed by atoms with Gasteiger partial charge in [-0.25, -0.2) is 14.7 Å². The number of nitrogens with one attached hydrogen (secondary N) is 1. The van der Waals surface area contributed by atoms with Gasteiger partial charge in [-0.05, 0) is 62.1 Å². The van der Waals surface area contributed by atoms with Crippen molar-refractivity contribution in [3.05, 3.63) is 65.3 Å². The second-order valence-electron chi connectivity index (χ2n) is 9.17. The minimum Gasteiger partial charge on any atom is -0.384 e. The maximum atomic E-state index is 13.4. The minimum absolute atomic E-state index is 0.0356. The third-order valence-electron chi connectivity index (χ3n) is 5.85. The van der Waals surface area contributed by atoms with Crippen molar-refractivity contribution in [2.24, 2.45) is 5.92 Å². The molecule has 3 heterocycles. The van der Waals surface area contributed by atoms with Crippen LogP contribution in [0.15, 0.2) is 59.8 Å². The lowest BCUT2D eigenvalue weighted by Crippen LogP contribution is -2.41. The Labute approximate surface area is 204 Å². The van der Waals surface area contributed by atoms with Gasteiger partial charge in [-0.3, -0.25) is 4.79 Å². The number of benzene rings is 1. The number of sulfonamides is 1. The van der Waals surface area contributed by atoms with Gasteiger partial charge in [0.1, 0.15) is 11.6 Å². The Balaban J connectivity index is 1.79. The van der Waals surface area contributed by atoms with E-state index in [0.29, 0.717) is 28.9 Å². The number of hydrogen-bond donors (Lipinski definition) is 2. The van der Waals surface area contributed by atoms with Gasteiger partial charge < -0.3 is 10.6 Å². The summed E-state index contributed by atoms with van der Waals surface area (Å²) in [5, 5.41) is 0.203. The molecular weight excluding hydrogens is 474 g/mol. The van der Waals surface area contributed by atoms with Crippen LogP contribution < -0.4 is 15.4 Å². The number of nitrogen functional groups attached to an aromatic ring is 1. The van der Waals surface area contributed by atoms with E-state index in [1.54, 1.807) is 30.5 Å². The van der Waals surface area contributed by atoms with Gasteiger partial charge in [0.15, 0.2) is 5.03 Å². The van der Waals surface area contributed by atoms with Crippen LogP contribution in [0.5, 0.6) is 0 Å². The Kier molecular flexibility index (Phi) is 6.26. The normalized spacial score (nSPS) is 17.5. The number of nitrogens with zero attached hydrogens (tertiary/aromatic N) is 3. The maximum Gasteiger partial charge on any atom is 0.281 e. The summed E-state index contributed by atoms with van der Waals surface area (Å²) < 4.78 is 27.9. The fraction of sp³-hybridized carbons (Fsp3) is 0.292. The predicted octanol–water partition coefficient (Wildman–Crippen LogP) is 4.12. The molecule has 1 amide bonds. The van der Waals surface area contributed by atoms with E-state index in [4.69, 9.17) is 17.3 Å². The molecule has 1 unspecified atom stereocenters. The number of aromatic nitrogens is 2. The van der Waals surface area contributed by atoms with Crippen LogP contribution in [-0.2, 0) is 10.0 Å². The average molecular weight is 500 g/mol. The Morgan fingerprint density at radius 3 is 2.56 bits per heavy atom. The molecule has 10 heteroatoms. The first-order chi connectivity index (χ1) is 16.0. The second-order valence-corrected chi connectivity index (χ2v) is 11.2. The molecule has 2 aromatic heterocycles. The largest absolute Gasteiger partial charge is 0.384 e. The highest BCUT2D eigenvalue weighted by Gasteiger charge is 2.39. The SMILES string of the molecule is CC1CN(c2ncc(-c3cccc(Cl)c3)cc2C(=O)NS(=O)(=O)c2cccc(N)n2)C(C)(C)C1. The van der Waals surface area contributed by atoms with Crippen molar-refractivity contribution < 1.29 is 13.2 Å². The van der Waals surface area contributed by atoms with Crippen LogP contribution in [0.25, 0.3) is 11.1 Å². The molecule has 178 valence electrons. The summed E-state index contributed by atoms with van der Waals surface area (Å²) in [7, 11) is -4.25. The Hall–Kier alpha value is -3.17. The molecular formula is C24H26ClN5O3S. The summed E-state index contributed by atoms with van der Waals surface area (Å²) in [5.74, 6) is 0.0494. The predicted molar refractivity (Wildman–Crippen MR) is 133 cm³/mol. The van der Waals surface area contributed by atoms with Crippen LogP contribution in [0.3, 0.4) is 0 Å². The standard InChI is InChI=1S/C24H26ClN5O3S/c1-15-12-24(2,3)30(14-15)22-19(11-17(13-27-22)16-6-4-7-18(25)10-16)23(31)29-34(32,33)21-9-5-8-20(26)28-21/h4-11,13,15H,12,14H2,1-3H3,(H2,26,28)(H,29,31). The summed E-state index contributed by atoms with van der Waals surface area (Å²) in [6, 6.07) is 13.0. The van der Waals surface area contributed by atoms with Crippen molar-refractivity contribution in [2.75, 3.05) is 17.2 Å². The molecule has 3 N–H and O–H groups in total. The van der Waals surface area contributed by atoms with Gasteiger partial charge in [0.25, 0.3) is 15.9 Å². The molecule has 0 radical (unpaired) electrons. The van der Waals surface area contributed by atoms with Crippen LogP contribution in [-0.4, -0.2) is 36.4 Å². The summed E-state index contributed by atoms with van der Waals surface area (Å²) in [5.41, 5.74) is 6.92. The first-order valence-electron chi connectivity index (χ1n) is 10.8. The van der Waals surface area contributed by atoms with Crippen LogP contribution in [0, 0.1) is 5.92 Å². The van der Waals surface area contributed by atoms with Gasteiger partial charge in [-0.1, -0.05) is 36.7 Å². The summed E-state index contributed by atoms with van der Waals surface area (Å²) >= 11 is 6.15. The zero-order valence-electron chi connectivity index (χ0n) is 19.1. The Bertz CT molecular complexity index is 1360. The average Bonchev–Trinajstić information content (AvgIpc) is 3.04. The van der Waals surface area contributed by atoms with Crippen molar-refractivity contribution in [1.29, 1.82) is 0 Å². The fourth-order valence-electron chi connectivity index (χ4n) is 4.43. The lowest BCUT2D eigenvalue weighted by atomic mass is 9.97. The van der Waals surface area contributed by atoms with E-state index >= 15 is 0 Å². The minimum atomic E-state index is -4.25. The van der Waals surface area contributed by atoms with E-state index < -0.39 is 15.9 Å². The third-order valence-corrected chi connectivity index (χ3v) is 7.31. The Morgan fingerprint density at radius 1 is 1.18 bits per heavy atom. The molecule has 1 aromatic carbocycles. The quantitative estimate of drug-likeness (QED) is 0.542. The number of halogens is 1. The first kappa shape index (κ1) is 24.0. The van der Waals surface area contributed by atoms with E-state index in [1.807, 2.05) is 6.07 Å². The summed E-state index contributed by atoms with van der Waals surface area (Å²) in [6.07, 6.45) is 2.59. The number of pyridine rings is 2. The van der Waals surface area contributed by atoms with Crippen molar-refractivity contribution in [3.8, 4) is 11.1 Å². The molecule has 34 heavy (non-hydrogen) atoms. The zero-order chi connectivity index (χ0) is 24.7. The molecule has 3 aromatic rings. The number of rotatable bonds is 5. The van der Waals surface area contributed by atoms with Crippen LogP contribution in [0.1, 0.15) is 37.6 Å². The molecule has 0 bridgehead atoms. The fourth-order valence-corrected chi connectivity index (χ4v) is 5.57. The summed E-state index contributed by atoms with van der Waals surface area (Å²) in [4.78, 5) is 23.9. The number of amides is 1. The molecule has 0 spiro atoms. The highest BCUT2D eigenvalue weighted by molar-refractivity contribution is 7.90. The third kappa shape index (κ3) is 4.85. The van der Waals surface area contributed by atoms with Crippen LogP contribution >= 0.6 is 11.6 Å². The first-order valence-corrected chi connectivity index (χ1v) is 12.7. The Morgan fingerprint density at radius 2 is 1.91 bits per heavy atom. The molecule has 8 nitrogen and oxygen atoms in total. The molecule has 1 aliphatic heterocycles. The molecule has 0 aliphatic carbocycles. The smallest absolute Gasteiger partial charge is 0.281 e. The molecule has 0 saturated carbocycles. The molecule has 1 fully saturated rings. The zero-order valence-corrected chi connectivity index (χ0v) is 20.7. The van der Waals surface area contributed by atoms with E-state index in [2.05, 4.69) is 40.4 Å². The van der Waals surface area contributed by atoms with Crippen molar-refractivity contribution in [1.82, 2.24) is 14.7 Å². The van der Waals surface area contributed by atoms with Gasteiger partial charge in [0, 0.05) is 28.9 Å². The van der Waals surface area contributed by atoms with Crippen molar-refractivity contribution in [3.63, 3.8) is 0 Å². The van der Waals surface area contributed by atoms with E-state index in [9.17, 15) is 13.2 Å². The van der Waals surface area contributed by atoms with Gasteiger partial charge in [-0.2, -0.15) is 8.42 Å². The number of anilines is 2. The molecule has 1 atom stereocenters. The number of hydrogen-bond acceptors (Lipinski definition) is 7. The van der Waals surface area contributed by atoms with Gasteiger partial charge in [0.05, 0.1) is 5.56 Å². The van der Waals surface area contributed by atoms with Gasteiger partial charge in [0.2, 0.25) is 0 Å². The van der Waals surface area contributed by atoms with E-state index in [0.717, 1.165) is 12.0 Å². The lowest BCUT2D eigenvalue weighted by Gasteiger charge is -2.33. The molecule has 1 aliphatic rings. The molecule has 1 saturated heterocycles. The van der Waals surface area contributed by atoms with Crippen LogP contribution in [0.4, 0.5) is 11.6 Å². The van der Waals surface area contributed by atoms with Crippen molar-refractivity contribution in [2.45, 2.75) is 37.8 Å². The number of carbonyl (C=O) groups is 1. The summed E-state index contributed by atoms with van der Waals surface area (Å²) in [6.45, 7) is 6.99. The monoisotopic (exact) mass is 499 g/mol. The number of carbonyl (C=O) groups excluding carboxylic acids is 1. The highest BCUT2D eigenvalue weighted by atomic mass is 35.5. The lowest BCUT2D eigenvalue weighted by molar-refractivity contribution is 0.0981. The highest BCUT2D eigenvalue weighted by Crippen LogP contribution is 2.38. The maximum absolute atomic E-state index is 13.4. The van der Waals surface area contributed by atoms with E-state index in [1.165, 1.54) is 18.2 Å². The van der Waals surface area contributed by atoms with E-state index in [-0.39, 0.29) is 21.9 Å². The molecule has 4 rings (SSSR count). The number of nitrogens with two attached hydrogens (primary N) is 1. The van der Waals surface area contributed by atoms with Gasteiger partial charge in [-0.15, -0.1) is 0 Å². The topological polar surface area (TPSA) is 118 Å². The van der Waals surface area contributed by atoms with Crippen molar-refractivity contribution >= 4 is 39.2 Å². The second kappa shape index (κ2) is 8.88.